The maximum absolute atomic E-state index is 10.9. The summed E-state index contributed by atoms with van der Waals surface area (Å²) >= 11 is 0. The van der Waals surface area contributed by atoms with Crippen LogP contribution in [0.2, 0.25) is 0 Å². The first kappa shape index (κ1) is 13.0. The molecular weight excluding hydrogens is 250 g/mol. The Hall–Kier alpha value is -2.44. The fraction of sp³-hybridized carbons (Fsp3) is 0.333. The molecular formula is C12H13N3O4. The van der Waals surface area contributed by atoms with Crippen molar-refractivity contribution in [2.45, 2.75) is 27.4 Å². The van der Waals surface area contributed by atoms with E-state index < -0.39 is 4.92 Å². The fourth-order valence-electron chi connectivity index (χ4n) is 1.77. The van der Waals surface area contributed by atoms with Crippen molar-refractivity contribution >= 4 is 5.69 Å². The lowest BCUT2D eigenvalue weighted by Gasteiger charge is -2.10. The van der Waals surface area contributed by atoms with Crippen LogP contribution in [-0.4, -0.2) is 15.1 Å². The van der Waals surface area contributed by atoms with Crippen molar-refractivity contribution in [3.8, 4) is 5.75 Å². The van der Waals surface area contributed by atoms with Crippen molar-refractivity contribution < 1.29 is 14.2 Å². The van der Waals surface area contributed by atoms with Crippen molar-refractivity contribution in [1.29, 1.82) is 0 Å². The van der Waals surface area contributed by atoms with Gasteiger partial charge in [0, 0.05) is 6.07 Å². The van der Waals surface area contributed by atoms with Gasteiger partial charge in [-0.05, 0) is 32.4 Å². The molecule has 2 aromatic rings. The summed E-state index contributed by atoms with van der Waals surface area (Å²) in [5.74, 6) is 1.33. The van der Waals surface area contributed by atoms with Gasteiger partial charge in [0.2, 0.25) is 0 Å². The van der Waals surface area contributed by atoms with Crippen LogP contribution < -0.4 is 4.74 Å². The summed E-state index contributed by atoms with van der Waals surface area (Å²) in [5.41, 5.74) is 1.34. The van der Waals surface area contributed by atoms with Crippen LogP contribution in [0.25, 0.3) is 0 Å². The number of aryl methyl sites for hydroxylation is 2. The Kier molecular flexibility index (Phi) is 3.46. The van der Waals surface area contributed by atoms with Crippen molar-refractivity contribution in [1.82, 2.24) is 10.1 Å². The van der Waals surface area contributed by atoms with E-state index in [2.05, 4.69) is 10.1 Å². The minimum absolute atomic E-state index is 0.0299. The predicted molar refractivity (Wildman–Crippen MR) is 65.9 cm³/mol. The van der Waals surface area contributed by atoms with E-state index in [-0.39, 0.29) is 12.3 Å². The van der Waals surface area contributed by atoms with E-state index in [1.165, 1.54) is 6.07 Å². The normalized spacial score (nSPS) is 10.5. The Balaban J connectivity index is 2.24. The number of rotatable bonds is 4. The van der Waals surface area contributed by atoms with E-state index in [9.17, 15) is 10.1 Å². The van der Waals surface area contributed by atoms with Crippen LogP contribution in [0.15, 0.2) is 16.7 Å². The summed E-state index contributed by atoms with van der Waals surface area (Å²) in [6, 6.07) is 3.12. The lowest BCUT2D eigenvalue weighted by Crippen LogP contribution is -2.01. The van der Waals surface area contributed by atoms with E-state index in [1.54, 1.807) is 19.9 Å². The highest BCUT2D eigenvalue weighted by atomic mass is 16.6. The van der Waals surface area contributed by atoms with E-state index in [1.807, 2.05) is 6.92 Å². The third-order valence-electron chi connectivity index (χ3n) is 2.68. The topological polar surface area (TPSA) is 91.3 Å². The average molecular weight is 263 g/mol. The molecule has 0 bridgehead atoms. The highest BCUT2D eigenvalue weighted by molar-refractivity contribution is 5.52. The molecule has 0 aliphatic carbocycles. The van der Waals surface area contributed by atoms with Gasteiger partial charge < -0.3 is 9.26 Å². The van der Waals surface area contributed by atoms with Gasteiger partial charge in [-0.2, -0.15) is 4.98 Å². The molecule has 0 spiro atoms. The predicted octanol–water partition coefficient (Wildman–Crippen LogP) is 2.48. The zero-order chi connectivity index (χ0) is 14.0. The molecule has 1 heterocycles. The van der Waals surface area contributed by atoms with Crippen molar-refractivity contribution in [3.05, 3.63) is 45.1 Å². The number of hydrogen-bond acceptors (Lipinski definition) is 6. The molecule has 0 radical (unpaired) electrons. The third kappa shape index (κ3) is 2.70. The molecule has 1 aromatic heterocycles. The second kappa shape index (κ2) is 5.05. The summed E-state index contributed by atoms with van der Waals surface area (Å²) in [7, 11) is 0. The molecule has 0 N–H and O–H groups in total. The highest BCUT2D eigenvalue weighted by Gasteiger charge is 2.17. The lowest BCUT2D eigenvalue weighted by molar-refractivity contribution is -0.385. The summed E-state index contributed by atoms with van der Waals surface area (Å²) in [5, 5.41) is 14.5. The highest BCUT2D eigenvalue weighted by Crippen LogP contribution is 2.31. The first-order valence-electron chi connectivity index (χ1n) is 5.65. The molecule has 0 saturated carbocycles. The van der Waals surface area contributed by atoms with Crippen LogP contribution in [0.1, 0.15) is 22.8 Å². The number of benzene rings is 1. The van der Waals surface area contributed by atoms with Gasteiger partial charge in [-0.25, -0.2) is 0 Å². The largest absolute Gasteiger partial charge is 0.483 e. The molecule has 7 nitrogen and oxygen atoms in total. The molecule has 0 atom stereocenters. The average Bonchev–Trinajstić information content (AvgIpc) is 2.74. The molecule has 0 unspecified atom stereocenters. The monoisotopic (exact) mass is 263 g/mol. The van der Waals surface area contributed by atoms with Crippen LogP contribution >= 0.6 is 0 Å². The van der Waals surface area contributed by atoms with Gasteiger partial charge in [-0.1, -0.05) is 5.16 Å². The molecule has 0 aliphatic rings. The van der Waals surface area contributed by atoms with Crippen LogP contribution in [-0.2, 0) is 6.61 Å². The van der Waals surface area contributed by atoms with Gasteiger partial charge in [0.05, 0.1) is 10.5 Å². The minimum Gasteiger partial charge on any atom is -0.483 e. The minimum atomic E-state index is -0.432. The van der Waals surface area contributed by atoms with Gasteiger partial charge in [-0.3, -0.25) is 10.1 Å². The zero-order valence-electron chi connectivity index (χ0n) is 10.8. The Morgan fingerprint density at radius 2 is 2.11 bits per heavy atom. The second-order valence-electron chi connectivity index (χ2n) is 4.14. The Morgan fingerprint density at radius 3 is 2.68 bits per heavy atom. The standard InChI is InChI=1S/C12H13N3O4/c1-7-4-5-10(15(16)17)8(2)12(7)18-6-11-13-9(3)14-19-11/h4-5H,6H2,1-3H3. The molecule has 0 aliphatic heterocycles. The second-order valence-corrected chi connectivity index (χ2v) is 4.14. The Labute approximate surface area is 109 Å². The fourth-order valence-corrected chi connectivity index (χ4v) is 1.77. The number of ether oxygens (including phenoxy) is 1. The summed E-state index contributed by atoms with van der Waals surface area (Å²) in [6.45, 7) is 5.27. The number of aromatic nitrogens is 2. The Morgan fingerprint density at radius 1 is 1.37 bits per heavy atom. The van der Waals surface area contributed by atoms with Crippen LogP contribution in [0, 0.1) is 30.9 Å². The molecule has 7 heteroatoms. The van der Waals surface area contributed by atoms with Crippen LogP contribution in [0.3, 0.4) is 0 Å². The molecule has 0 amide bonds. The van der Waals surface area contributed by atoms with Crippen molar-refractivity contribution in [2.24, 2.45) is 0 Å². The van der Waals surface area contributed by atoms with Crippen LogP contribution in [0.4, 0.5) is 5.69 Å². The van der Waals surface area contributed by atoms with Gasteiger partial charge in [0.25, 0.3) is 11.6 Å². The van der Waals surface area contributed by atoms with Crippen molar-refractivity contribution in [2.75, 3.05) is 0 Å². The molecule has 1 aromatic carbocycles. The maximum Gasteiger partial charge on any atom is 0.276 e. The van der Waals surface area contributed by atoms with Gasteiger partial charge in [0.15, 0.2) is 12.4 Å². The van der Waals surface area contributed by atoms with E-state index >= 15 is 0 Å². The summed E-state index contributed by atoms with van der Waals surface area (Å²) in [4.78, 5) is 14.4. The zero-order valence-corrected chi connectivity index (χ0v) is 10.8. The van der Waals surface area contributed by atoms with Crippen molar-refractivity contribution in [3.63, 3.8) is 0 Å². The quantitative estimate of drug-likeness (QED) is 0.621. The van der Waals surface area contributed by atoms with E-state index in [4.69, 9.17) is 9.26 Å². The first-order chi connectivity index (χ1) is 8.99. The number of hydrogen-bond donors (Lipinski definition) is 0. The number of nitro groups is 1. The number of nitrogens with zero attached hydrogens (tertiary/aromatic N) is 3. The summed E-state index contributed by atoms with van der Waals surface area (Å²) < 4.78 is 10.5. The summed E-state index contributed by atoms with van der Waals surface area (Å²) in [6.07, 6.45) is 0. The molecule has 100 valence electrons. The SMILES string of the molecule is Cc1noc(COc2c(C)ccc([N+](=O)[O-])c2C)n1. The van der Waals surface area contributed by atoms with E-state index in [0.717, 1.165) is 5.56 Å². The lowest BCUT2D eigenvalue weighted by atomic mass is 10.1. The Bertz CT molecular complexity index is 621. The van der Waals surface area contributed by atoms with Gasteiger partial charge >= 0.3 is 0 Å². The molecule has 19 heavy (non-hydrogen) atoms. The van der Waals surface area contributed by atoms with Gasteiger partial charge in [0.1, 0.15) is 5.75 Å². The first-order valence-corrected chi connectivity index (χ1v) is 5.65. The maximum atomic E-state index is 10.9. The van der Waals surface area contributed by atoms with E-state index in [0.29, 0.717) is 23.0 Å². The third-order valence-corrected chi connectivity index (χ3v) is 2.68. The molecule has 0 saturated heterocycles. The smallest absolute Gasteiger partial charge is 0.276 e. The van der Waals surface area contributed by atoms with Crippen LogP contribution in [0.5, 0.6) is 5.75 Å². The molecule has 0 fully saturated rings. The van der Waals surface area contributed by atoms with Gasteiger partial charge in [-0.15, -0.1) is 0 Å². The number of nitro benzene ring substituents is 1. The molecule has 2 rings (SSSR count).